The second kappa shape index (κ2) is 4.92. The van der Waals surface area contributed by atoms with Gasteiger partial charge in [-0.2, -0.15) is 0 Å². The van der Waals surface area contributed by atoms with Gasteiger partial charge >= 0.3 is 0 Å². The quantitative estimate of drug-likeness (QED) is 0.845. The molecule has 0 fully saturated rings. The van der Waals surface area contributed by atoms with Gasteiger partial charge in [-0.25, -0.2) is 0 Å². The monoisotopic (exact) mass is 239 g/mol. The Hall–Kier alpha value is -1.29. The smallest absolute Gasteiger partial charge is 0.287 e. The van der Waals surface area contributed by atoms with Crippen molar-refractivity contribution < 1.29 is 14.3 Å². The van der Waals surface area contributed by atoms with Crippen molar-refractivity contribution in [3.05, 3.63) is 23.2 Å². The molecule has 0 aliphatic carbocycles. The fraction of sp³-hybridized carbons (Fsp3) is 0.615. The average molecular weight is 239 g/mol. The number of hydrogen-bond acceptors (Lipinski definition) is 3. The van der Waals surface area contributed by atoms with E-state index in [1.54, 1.807) is 13.0 Å². The molecule has 2 N–H and O–H groups in total. The summed E-state index contributed by atoms with van der Waals surface area (Å²) in [6.45, 7) is 9.44. The van der Waals surface area contributed by atoms with Gasteiger partial charge in [-0.15, -0.1) is 0 Å². The molecule has 0 saturated carbocycles. The molecular formula is C13H21NO3. The normalized spacial score (nSPS) is 14.8. The number of amides is 1. The number of aliphatic hydroxyl groups is 1. The Labute approximate surface area is 102 Å². The number of aryl methyl sites for hydroxylation is 2. The van der Waals surface area contributed by atoms with Crippen molar-refractivity contribution in [1.29, 1.82) is 0 Å². The van der Waals surface area contributed by atoms with Crippen molar-refractivity contribution in [3.63, 3.8) is 0 Å². The summed E-state index contributed by atoms with van der Waals surface area (Å²) in [6, 6.07) is 1.70. The van der Waals surface area contributed by atoms with Crippen LogP contribution in [0.2, 0.25) is 0 Å². The average Bonchev–Trinajstić information content (AvgIpc) is 2.56. The molecule has 0 aliphatic heterocycles. The number of furan rings is 1. The highest BCUT2D eigenvalue weighted by Crippen LogP contribution is 2.16. The fourth-order valence-electron chi connectivity index (χ4n) is 1.24. The maximum atomic E-state index is 11.8. The minimum atomic E-state index is -0.910. The predicted molar refractivity (Wildman–Crippen MR) is 66.0 cm³/mol. The number of hydrogen-bond donors (Lipinski definition) is 2. The molecule has 0 radical (unpaired) electrons. The lowest BCUT2D eigenvalue weighted by molar-refractivity contribution is 0.0139. The zero-order chi connectivity index (χ0) is 13.2. The van der Waals surface area contributed by atoms with Crippen LogP contribution in [0, 0.1) is 19.8 Å². The Bertz CT molecular complexity index is 385. The molecule has 1 rings (SSSR count). The van der Waals surface area contributed by atoms with Crippen LogP contribution in [0.4, 0.5) is 0 Å². The van der Waals surface area contributed by atoms with E-state index in [2.05, 4.69) is 5.32 Å². The minimum Gasteiger partial charge on any atom is -0.456 e. The van der Waals surface area contributed by atoms with Crippen molar-refractivity contribution >= 4 is 5.91 Å². The van der Waals surface area contributed by atoms with Crippen molar-refractivity contribution in [2.24, 2.45) is 5.92 Å². The molecule has 0 spiro atoms. The van der Waals surface area contributed by atoms with Gasteiger partial charge in [-0.05, 0) is 38.3 Å². The van der Waals surface area contributed by atoms with E-state index in [1.165, 1.54) is 0 Å². The summed E-state index contributed by atoms with van der Waals surface area (Å²) < 4.78 is 5.31. The van der Waals surface area contributed by atoms with E-state index in [-0.39, 0.29) is 18.4 Å². The largest absolute Gasteiger partial charge is 0.456 e. The Balaban J connectivity index is 2.62. The first-order valence-electron chi connectivity index (χ1n) is 5.81. The molecule has 1 heterocycles. The van der Waals surface area contributed by atoms with E-state index < -0.39 is 5.60 Å². The van der Waals surface area contributed by atoms with E-state index in [4.69, 9.17) is 4.42 Å². The zero-order valence-corrected chi connectivity index (χ0v) is 11.1. The first-order valence-corrected chi connectivity index (χ1v) is 5.81. The van der Waals surface area contributed by atoms with Crippen molar-refractivity contribution in [2.45, 2.75) is 40.2 Å². The van der Waals surface area contributed by atoms with Gasteiger partial charge < -0.3 is 14.8 Å². The topological polar surface area (TPSA) is 62.5 Å². The van der Waals surface area contributed by atoms with E-state index >= 15 is 0 Å². The summed E-state index contributed by atoms with van der Waals surface area (Å²) in [5.41, 5.74) is 0.0394. The Morgan fingerprint density at radius 1 is 1.53 bits per heavy atom. The van der Waals surface area contributed by atoms with Crippen LogP contribution >= 0.6 is 0 Å². The molecule has 1 aromatic heterocycles. The molecule has 1 aromatic rings. The Kier molecular flexibility index (Phi) is 3.98. The van der Waals surface area contributed by atoms with Crippen LogP contribution in [0.3, 0.4) is 0 Å². The number of carbonyl (C=O) groups excluding carboxylic acids is 1. The van der Waals surface area contributed by atoms with Gasteiger partial charge in [0.1, 0.15) is 5.76 Å². The summed E-state index contributed by atoms with van der Waals surface area (Å²) in [5, 5.41) is 12.7. The highest BCUT2D eigenvalue weighted by molar-refractivity contribution is 5.91. The molecule has 1 unspecified atom stereocenters. The van der Waals surface area contributed by atoms with E-state index in [0.717, 1.165) is 11.3 Å². The molecule has 96 valence electrons. The molecular weight excluding hydrogens is 218 g/mol. The third kappa shape index (κ3) is 3.33. The Morgan fingerprint density at radius 2 is 2.12 bits per heavy atom. The second-order valence-corrected chi connectivity index (χ2v) is 5.04. The summed E-state index contributed by atoms with van der Waals surface area (Å²) in [7, 11) is 0. The van der Waals surface area contributed by atoms with Crippen LogP contribution in [-0.4, -0.2) is 23.2 Å². The molecule has 0 bridgehead atoms. The number of rotatable bonds is 4. The summed E-state index contributed by atoms with van der Waals surface area (Å²) in [6.07, 6.45) is 0. The SMILES string of the molecule is Cc1cc(C(=O)NCC(C)(O)C(C)C)oc1C. The van der Waals surface area contributed by atoms with Crippen LogP contribution in [0.15, 0.2) is 10.5 Å². The van der Waals surface area contributed by atoms with Crippen molar-refractivity contribution in [2.75, 3.05) is 6.54 Å². The van der Waals surface area contributed by atoms with Crippen LogP contribution in [-0.2, 0) is 0 Å². The molecule has 4 nitrogen and oxygen atoms in total. The predicted octanol–water partition coefficient (Wildman–Crippen LogP) is 2.03. The Morgan fingerprint density at radius 3 is 2.53 bits per heavy atom. The van der Waals surface area contributed by atoms with E-state index in [9.17, 15) is 9.90 Å². The molecule has 1 amide bonds. The maximum Gasteiger partial charge on any atom is 0.287 e. The molecule has 4 heteroatoms. The van der Waals surface area contributed by atoms with Gasteiger partial charge in [-0.3, -0.25) is 4.79 Å². The van der Waals surface area contributed by atoms with E-state index in [1.807, 2.05) is 27.7 Å². The van der Waals surface area contributed by atoms with Crippen molar-refractivity contribution in [1.82, 2.24) is 5.32 Å². The van der Waals surface area contributed by atoms with E-state index in [0.29, 0.717) is 5.76 Å². The van der Waals surface area contributed by atoms with Gasteiger partial charge in [0.15, 0.2) is 5.76 Å². The molecule has 0 aromatic carbocycles. The fourth-order valence-corrected chi connectivity index (χ4v) is 1.24. The standard InChI is InChI=1S/C13H21NO3/c1-8(2)13(5,16)7-14-12(15)11-6-9(3)10(4)17-11/h6,8,16H,7H2,1-5H3,(H,14,15). The molecule has 0 saturated heterocycles. The first-order chi connectivity index (χ1) is 7.74. The zero-order valence-electron chi connectivity index (χ0n) is 11.1. The van der Waals surface area contributed by atoms with Crippen LogP contribution in [0.5, 0.6) is 0 Å². The third-order valence-corrected chi connectivity index (χ3v) is 3.24. The lowest BCUT2D eigenvalue weighted by Gasteiger charge is -2.27. The third-order valence-electron chi connectivity index (χ3n) is 3.24. The summed E-state index contributed by atoms with van der Waals surface area (Å²) in [5.74, 6) is 0.815. The lowest BCUT2D eigenvalue weighted by atomic mass is 9.92. The van der Waals surface area contributed by atoms with Gasteiger partial charge in [0.05, 0.1) is 5.60 Å². The first kappa shape index (κ1) is 13.8. The van der Waals surface area contributed by atoms with Crippen LogP contribution in [0.25, 0.3) is 0 Å². The molecule has 17 heavy (non-hydrogen) atoms. The van der Waals surface area contributed by atoms with Gasteiger partial charge in [-0.1, -0.05) is 13.8 Å². The molecule has 0 aliphatic rings. The summed E-state index contributed by atoms with van der Waals surface area (Å²) >= 11 is 0. The van der Waals surface area contributed by atoms with Crippen molar-refractivity contribution in [3.8, 4) is 0 Å². The van der Waals surface area contributed by atoms with Crippen LogP contribution < -0.4 is 5.32 Å². The number of nitrogens with one attached hydrogen (secondary N) is 1. The molecule has 1 atom stereocenters. The lowest BCUT2D eigenvalue weighted by Crippen LogP contribution is -2.44. The summed E-state index contributed by atoms with van der Waals surface area (Å²) in [4.78, 5) is 11.8. The maximum absolute atomic E-state index is 11.8. The van der Waals surface area contributed by atoms with Crippen LogP contribution in [0.1, 0.15) is 42.6 Å². The van der Waals surface area contributed by atoms with Gasteiger partial charge in [0.25, 0.3) is 5.91 Å². The minimum absolute atomic E-state index is 0.0721. The van der Waals surface area contributed by atoms with Gasteiger partial charge in [0.2, 0.25) is 0 Å². The number of carbonyl (C=O) groups is 1. The van der Waals surface area contributed by atoms with Gasteiger partial charge in [0, 0.05) is 6.54 Å². The highest BCUT2D eigenvalue weighted by Gasteiger charge is 2.26. The second-order valence-electron chi connectivity index (χ2n) is 5.04. The highest BCUT2D eigenvalue weighted by atomic mass is 16.3.